The SMILES string of the molecule is OCC1CC2C=CC=CC(=C2)N=C1Cl. The minimum absolute atomic E-state index is 0.0217. The zero-order valence-electron chi connectivity index (χ0n) is 7.73. The number of allylic oxidation sites excluding steroid dienone is 5. The van der Waals surface area contributed by atoms with Gasteiger partial charge in [0.25, 0.3) is 0 Å². The van der Waals surface area contributed by atoms with Crippen molar-refractivity contribution in [3.05, 3.63) is 36.1 Å². The Morgan fingerprint density at radius 1 is 1.50 bits per heavy atom. The highest BCUT2D eigenvalue weighted by molar-refractivity contribution is 6.66. The number of halogens is 1. The van der Waals surface area contributed by atoms with Crippen molar-refractivity contribution >= 4 is 16.8 Å². The van der Waals surface area contributed by atoms with Crippen LogP contribution in [-0.2, 0) is 0 Å². The van der Waals surface area contributed by atoms with Gasteiger partial charge in [0.2, 0.25) is 0 Å². The first kappa shape index (κ1) is 9.69. The molecule has 74 valence electrons. The van der Waals surface area contributed by atoms with E-state index in [4.69, 9.17) is 16.7 Å². The van der Waals surface area contributed by atoms with E-state index in [2.05, 4.69) is 17.1 Å². The topological polar surface area (TPSA) is 32.6 Å². The monoisotopic (exact) mass is 209 g/mol. The molecule has 0 aromatic carbocycles. The van der Waals surface area contributed by atoms with Gasteiger partial charge in [-0.3, -0.25) is 0 Å². The molecular weight excluding hydrogens is 198 g/mol. The Kier molecular flexibility index (Phi) is 2.85. The van der Waals surface area contributed by atoms with Crippen LogP contribution in [0.2, 0.25) is 0 Å². The van der Waals surface area contributed by atoms with Gasteiger partial charge in [-0.25, -0.2) is 4.99 Å². The molecule has 1 heterocycles. The van der Waals surface area contributed by atoms with Gasteiger partial charge in [-0.1, -0.05) is 35.9 Å². The average molecular weight is 210 g/mol. The maximum atomic E-state index is 9.15. The summed E-state index contributed by atoms with van der Waals surface area (Å²) in [5.74, 6) is 0.309. The third kappa shape index (κ3) is 1.97. The lowest BCUT2D eigenvalue weighted by Gasteiger charge is -2.13. The summed E-state index contributed by atoms with van der Waals surface area (Å²) in [6.07, 6.45) is 10.9. The van der Waals surface area contributed by atoms with E-state index in [0.29, 0.717) is 11.1 Å². The Morgan fingerprint density at radius 3 is 3.14 bits per heavy atom. The molecule has 2 unspecified atom stereocenters. The third-order valence-corrected chi connectivity index (χ3v) is 2.86. The maximum absolute atomic E-state index is 9.15. The molecule has 0 spiro atoms. The lowest BCUT2D eigenvalue weighted by atomic mass is 9.96. The molecule has 2 bridgehead atoms. The lowest BCUT2D eigenvalue weighted by Crippen LogP contribution is -2.15. The molecule has 0 aromatic rings. The van der Waals surface area contributed by atoms with Gasteiger partial charge >= 0.3 is 0 Å². The Hall–Kier alpha value is -0.860. The van der Waals surface area contributed by atoms with Crippen molar-refractivity contribution in [3.8, 4) is 0 Å². The van der Waals surface area contributed by atoms with Gasteiger partial charge in [0, 0.05) is 5.92 Å². The summed E-state index contributed by atoms with van der Waals surface area (Å²) in [6.45, 7) is 0.0670. The van der Waals surface area contributed by atoms with Gasteiger partial charge in [-0.2, -0.15) is 0 Å². The number of hydrogen-bond acceptors (Lipinski definition) is 2. The first-order valence-corrected chi connectivity index (χ1v) is 5.09. The van der Waals surface area contributed by atoms with Gasteiger partial charge in [-0.05, 0) is 18.4 Å². The largest absolute Gasteiger partial charge is 0.396 e. The van der Waals surface area contributed by atoms with Crippen LogP contribution in [0.4, 0.5) is 0 Å². The molecule has 2 atom stereocenters. The molecular formula is C11H12ClNO. The number of nitrogens with zero attached hydrogens (tertiary/aromatic N) is 1. The van der Waals surface area contributed by atoms with Crippen LogP contribution in [0.5, 0.6) is 0 Å². The van der Waals surface area contributed by atoms with E-state index in [1.54, 1.807) is 0 Å². The van der Waals surface area contributed by atoms with E-state index >= 15 is 0 Å². The van der Waals surface area contributed by atoms with Crippen molar-refractivity contribution in [2.75, 3.05) is 6.61 Å². The molecule has 1 aliphatic heterocycles. The van der Waals surface area contributed by atoms with Crippen molar-refractivity contribution in [2.45, 2.75) is 6.42 Å². The molecule has 14 heavy (non-hydrogen) atoms. The number of rotatable bonds is 1. The molecule has 0 radical (unpaired) electrons. The summed E-state index contributed by atoms with van der Waals surface area (Å²) in [6, 6.07) is 0. The van der Waals surface area contributed by atoms with Crippen LogP contribution in [0.1, 0.15) is 6.42 Å². The molecule has 2 rings (SSSR count). The minimum Gasteiger partial charge on any atom is -0.396 e. The fourth-order valence-corrected chi connectivity index (χ4v) is 1.96. The van der Waals surface area contributed by atoms with Crippen molar-refractivity contribution in [2.24, 2.45) is 16.8 Å². The van der Waals surface area contributed by atoms with Crippen LogP contribution >= 0.6 is 11.6 Å². The molecule has 0 fully saturated rings. The lowest BCUT2D eigenvalue weighted by molar-refractivity contribution is 0.252. The second-order valence-electron chi connectivity index (χ2n) is 3.55. The van der Waals surface area contributed by atoms with Gasteiger partial charge in [0.15, 0.2) is 0 Å². The summed E-state index contributed by atoms with van der Waals surface area (Å²) < 4.78 is 0. The summed E-state index contributed by atoms with van der Waals surface area (Å²) in [5.41, 5.74) is 0.890. The molecule has 1 aliphatic carbocycles. The van der Waals surface area contributed by atoms with Gasteiger partial charge in [0.1, 0.15) is 5.17 Å². The Morgan fingerprint density at radius 2 is 2.36 bits per heavy atom. The van der Waals surface area contributed by atoms with Crippen molar-refractivity contribution < 1.29 is 5.11 Å². The Bertz CT molecular complexity index is 341. The predicted octanol–water partition coefficient (Wildman–Crippen LogP) is 2.26. The van der Waals surface area contributed by atoms with Crippen LogP contribution in [0.25, 0.3) is 0 Å². The smallest absolute Gasteiger partial charge is 0.112 e. The van der Waals surface area contributed by atoms with Crippen molar-refractivity contribution in [3.63, 3.8) is 0 Å². The highest BCUT2D eigenvalue weighted by Gasteiger charge is 2.21. The van der Waals surface area contributed by atoms with Crippen LogP contribution < -0.4 is 0 Å². The summed E-state index contributed by atoms with van der Waals surface area (Å²) >= 11 is 6.00. The van der Waals surface area contributed by atoms with Crippen molar-refractivity contribution in [1.82, 2.24) is 0 Å². The standard InChI is InChI=1S/C11H12ClNO/c12-11-9(7-14)5-8-3-1-2-4-10(6-8)13-11/h1-4,6,8-9,14H,5,7H2. The predicted molar refractivity (Wildman–Crippen MR) is 58.3 cm³/mol. The number of aliphatic hydroxyl groups excluding tert-OH is 1. The number of aliphatic hydroxyl groups is 1. The van der Waals surface area contributed by atoms with Gasteiger partial charge in [-0.15, -0.1) is 0 Å². The highest BCUT2D eigenvalue weighted by Crippen LogP contribution is 2.26. The maximum Gasteiger partial charge on any atom is 0.112 e. The van der Waals surface area contributed by atoms with E-state index in [-0.39, 0.29) is 12.5 Å². The summed E-state index contributed by atoms with van der Waals surface area (Å²) in [5, 5.41) is 9.66. The van der Waals surface area contributed by atoms with Crippen LogP contribution in [0.3, 0.4) is 0 Å². The van der Waals surface area contributed by atoms with Gasteiger partial charge < -0.3 is 5.11 Å². The van der Waals surface area contributed by atoms with Gasteiger partial charge in [0.05, 0.1) is 12.3 Å². The molecule has 0 saturated carbocycles. The molecule has 0 saturated heterocycles. The molecule has 2 aliphatic rings. The second kappa shape index (κ2) is 4.11. The van der Waals surface area contributed by atoms with Crippen LogP contribution in [0.15, 0.2) is 41.1 Å². The van der Waals surface area contributed by atoms with E-state index in [0.717, 1.165) is 12.1 Å². The van der Waals surface area contributed by atoms with Crippen molar-refractivity contribution in [1.29, 1.82) is 0 Å². The Balaban J connectivity index is 2.32. The average Bonchev–Trinajstić information content (AvgIpc) is 2.47. The number of fused-ring (bicyclic) bond motifs is 1. The quantitative estimate of drug-likeness (QED) is 0.706. The van der Waals surface area contributed by atoms with E-state index in [1.807, 2.05) is 18.2 Å². The minimum atomic E-state index is -0.0217. The molecule has 0 aromatic heterocycles. The number of aliphatic imine (C=N–C) groups is 1. The zero-order valence-corrected chi connectivity index (χ0v) is 8.48. The summed E-state index contributed by atoms with van der Waals surface area (Å²) in [7, 11) is 0. The first-order chi connectivity index (χ1) is 6.79. The normalized spacial score (nSPS) is 30.4. The number of hydrogen-bond donors (Lipinski definition) is 1. The molecule has 2 nitrogen and oxygen atoms in total. The van der Waals surface area contributed by atoms with Crippen LogP contribution in [0, 0.1) is 11.8 Å². The highest BCUT2D eigenvalue weighted by atomic mass is 35.5. The molecule has 0 amide bonds. The first-order valence-electron chi connectivity index (χ1n) is 4.71. The fourth-order valence-electron chi connectivity index (χ4n) is 1.70. The summed E-state index contributed by atoms with van der Waals surface area (Å²) in [4.78, 5) is 4.26. The van der Waals surface area contributed by atoms with Crippen LogP contribution in [-0.4, -0.2) is 16.9 Å². The van der Waals surface area contributed by atoms with E-state index in [1.165, 1.54) is 0 Å². The third-order valence-electron chi connectivity index (χ3n) is 2.47. The zero-order chi connectivity index (χ0) is 9.97. The van der Waals surface area contributed by atoms with E-state index in [9.17, 15) is 0 Å². The molecule has 1 N–H and O–H groups in total. The Labute approximate surface area is 88.3 Å². The fraction of sp³-hybridized carbons (Fsp3) is 0.364. The molecule has 3 heteroatoms. The second-order valence-corrected chi connectivity index (χ2v) is 3.94. The van der Waals surface area contributed by atoms with E-state index < -0.39 is 0 Å².